The maximum absolute atomic E-state index is 12.5. The molecule has 4 rings (SSSR count). The Morgan fingerprint density at radius 3 is 2.45 bits per heavy atom. The highest BCUT2D eigenvalue weighted by Gasteiger charge is 2.17. The summed E-state index contributed by atoms with van der Waals surface area (Å²) in [7, 11) is 0. The van der Waals surface area contributed by atoms with E-state index >= 15 is 0 Å². The summed E-state index contributed by atoms with van der Waals surface area (Å²) in [5.41, 5.74) is 2.46. The van der Waals surface area contributed by atoms with Gasteiger partial charge in [0.1, 0.15) is 5.82 Å². The van der Waals surface area contributed by atoms with Gasteiger partial charge in [-0.15, -0.1) is 10.2 Å². The third kappa shape index (κ3) is 5.79. The number of halogens is 1. The minimum Gasteiger partial charge on any atom is -0.478 e. The first-order valence-corrected chi connectivity index (χ1v) is 11.4. The Balaban J connectivity index is 1.53. The fourth-order valence-corrected chi connectivity index (χ4v) is 4.09. The summed E-state index contributed by atoms with van der Waals surface area (Å²) in [5, 5.41) is 21.7. The molecular formula is C24H19ClN4O3S. The lowest BCUT2D eigenvalue weighted by atomic mass is 10.1. The number of anilines is 1. The van der Waals surface area contributed by atoms with Crippen molar-refractivity contribution in [3.8, 4) is 5.69 Å². The minimum atomic E-state index is -1.05. The van der Waals surface area contributed by atoms with Crippen molar-refractivity contribution in [3.05, 3.63) is 101 Å². The molecule has 1 heterocycles. The number of aromatic nitrogens is 3. The first kappa shape index (κ1) is 22.6. The number of carboxylic acid groups (broad SMARTS) is 1. The third-order valence-corrected chi connectivity index (χ3v) is 5.90. The fourth-order valence-electron chi connectivity index (χ4n) is 3.19. The molecule has 0 fully saturated rings. The van der Waals surface area contributed by atoms with Gasteiger partial charge in [0.25, 0.3) is 0 Å². The van der Waals surface area contributed by atoms with Crippen LogP contribution in [0.1, 0.15) is 21.7 Å². The van der Waals surface area contributed by atoms with E-state index in [2.05, 4.69) is 15.5 Å². The van der Waals surface area contributed by atoms with Crippen molar-refractivity contribution in [2.45, 2.75) is 11.6 Å². The molecule has 0 aliphatic heterocycles. The topological polar surface area (TPSA) is 97.1 Å². The van der Waals surface area contributed by atoms with E-state index in [0.29, 0.717) is 22.3 Å². The summed E-state index contributed by atoms with van der Waals surface area (Å²) < 4.78 is 1.91. The molecule has 0 unspecified atom stereocenters. The molecule has 9 heteroatoms. The van der Waals surface area contributed by atoms with Gasteiger partial charge in [-0.3, -0.25) is 9.36 Å². The second kappa shape index (κ2) is 10.3. The van der Waals surface area contributed by atoms with Gasteiger partial charge in [-0.1, -0.05) is 59.8 Å². The van der Waals surface area contributed by atoms with Crippen LogP contribution in [0.5, 0.6) is 0 Å². The molecule has 4 aromatic rings. The molecule has 1 amide bonds. The SMILES string of the molecule is O=C(CSc1nnc(Cc2ccccc2)n1-c1ccc(Cl)cc1)Nc1cccc(C(=O)O)c1. The van der Waals surface area contributed by atoms with E-state index in [1.54, 1.807) is 24.3 Å². The van der Waals surface area contributed by atoms with Gasteiger partial charge in [-0.25, -0.2) is 4.79 Å². The minimum absolute atomic E-state index is 0.0777. The molecule has 3 aromatic carbocycles. The van der Waals surface area contributed by atoms with Crippen molar-refractivity contribution < 1.29 is 14.7 Å². The van der Waals surface area contributed by atoms with Crippen molar-refractivity contribution in [1.29, 1.82) is 0 Å². The maximum Gasteiger partial charge on any atom is 0.335 e. The Morgan fingerprint density at radius 2 is 1.73 bits per heavy atom. The molecule has 166 valence electrons. The number of rotatable bonds is 8. The number of carboxylic acids is 1. The predicted octanol–water partition coefficient (Wildman–Crippen LogP) is 4.94. The first-order valence-electron chi connectivity index (χ1n) is 10.00. The van der Waals surface area contributed by atoms with Crippen LogP contribution in [-0.4, -0.2) is 37.5 Å². The zero-order valence-electron chi connectivity index (χ0n) is 17.3. The second-order valence-corrected chi connectivity index (χ2v) is 8.47. The molecule has 0 atom stereocenters. The average molecular weight is 479 g/mol. The molecule has 0 radical (unpaired) electrons. The largest absolute Gasteiger partial charge is 0.478 e. The standard InChI is InChI=1S/C24H19ClN4O3S/c25-18-9-11-20(12-10-18)29-21(13-16-5-2-1-3-6-16)27-28-24(29)33-15-22(30)26-19-8-4-7-17(14-19)23(31)32/h1-12,14H,13,15H2,(H,26,30)(H,31,32). The van der Waals surface area contributed by atoms with E-state index in [9.17, 15) is 9.59 Å². The second-order valence-electron chi connectivity index (χ2n) is 7.10. The van der Waals surface area contributed by atoms with Gasteiger partial charge in [0.15, 0.2) is 5.16 Å². The number of hydrogen-bond donors (Lipinski definition) is 2. The number of nitrogens with one attached hydrogen (secondary N) is 1. The van der Waals surface area contributed by atoms with Gasteiger partial charge >= 0.3 is 5.97 Å². The summed E-state index contributed by atoms with van der Waals surface area (Å²) in [5.74, 6) is -0.519. The molecule has 0 aliphatic carbocycles. The van der Waals surface area contributed by atoms with E-state index in [0.717, 1.165) is 17.1 Å². The van der Waals surface area contributed by atoms with Crippen LogP contribution in [0.2, 0.25) is 5.02 Å². The number of carbonyl (C=O) groups is 2. The molecule has 0 saturated heterocycles. The number of amides is 1. The molecule has 33 heavy (non-hydrogen) atoms. The lowest BCUT2D eigenvalue weighted by Gasteiger charge is -2.11. The quantitative estimate of drug-likeness (QED) is 0.348. The van der Waals surface area contributed by atoms with Crippen LogP contribution in [0, 0.1) is 0 Å². The Morgan fingerprint density at radius 1 is 0.970 bits per heavy atom. The summed E-state index contributed by atoms with van der Waals surface area (Å²) >= 11 is 7.30. The Labute approximate surface area is 199 Å². The van der Waals surface area contributed by atoms with Crippen molar-refractivity contribution in [2.75, 3.05) is 11.1 Å². The molecule has 0 aliphatic rings. The molecular weight excluding hydrogens is 460 g/mol. The van der Waals surface area contributed by atoms with Crippen LogP contribution in [0.15, 0.2) is 84.0 Å². The molecule has 7 nitrogen and oxygen atoms in total. The monoisotopic (exact) mass is 478 g/mol. The van der Waals surface area contributed by atoms with Crippen LogP contribution < -0.4 is 5.32 Å². The number of nitrogens with zero attached hydrogens (tertiary/aromatic N) is 3. The van der Waals surface area contributed by atoms with Gasteiger partial charge in [0.2, 0.25) is 5.91 Å². The molecule has 2 N–H and O–H groups in total. The van der Waals surface area contributed by atoms with Crippen LogP contribution in [0.3, 0.4) is 0 Å². The average Bonchev–Trinajstić information content (AvgIpc) is 3.21. The van der Waals surface area contributed by atoms with Crippen molar-refractivity contribution in [1.82, 2.24) is 14.8 Å². The van der Waals surface area contributed by atoms with E-state index < -0.39 is 5.97 Å². The summed E-state index contributed by atoms with van der Waals surface area (Å²) in [6, 6.07) is 23.4. The van der Waals surface area contributed by atoms with Crippen molar-refractivity contribution >= 4 is 40.9 Å². The van der Waals surface area contributed by atoms with Crippen LogP contribution >= 0.6 is 23.4 Å². The zero-order chi connectivity index (χ0) is 23.2. The number of carbonyl (C=O) groups excluding carboxylic acids is 1. The van der Waals surface area contributed by atoms with E-state index in [4.69, 9.17) is 16.7 Å². The Bertz CT molecular complexity index is 1280. The summed E-state index contributed by atoms with van der Waals surface area (Å²) in [4.78, 5) is 23.6. The van der Waals surface area contributed by atoms with E-state index in [1.807, 2.05) is 47.0 Å². The van der Waals surface area contributed by atoms with Gasteiger partial charge < -0.3 is 10.4 Å². The van der Waals surface area contributed by atoms with Crippen LogP contribution in [-0.2, 0) is 11.2 Å². The van der Waals surface area contributed by atoms with Crippen molar-refractivity contribution in [2.24, 2.45) is 0 Å². The van der Waals surface area contributed by atoms with Gasteiger partial charge in [0.05, 0.1) is 11.3 Å². The number of benzene rings is 3. The van der Waals surface area contributed by atoms with Crippen LogP contribution in [0.4, 0.5) is 5.69 Å². The lowest BCUT2D eigenvalue weighted by molar-refractivity contribution is -0.113. The number of aromatic carboxylic acids is 1. The van der Waals surface area contributed by atoms with Crippen LogP contribution in [0.25, 0.3) is 5.69 Å². The fraction of sp³-hybridized carbons (Fsp3) is 0.0833. The Kier molecular flexibility index (Phi) is 7.07. The van der Waals surface area contributed by atoms with Crippen molar-refractivity contribution in [3.63, 3.8) is 0 Å². The predicted molar refractivity (Wildman–Crippen MR) is 128 cm³/mol. The smallest absolute Gasteiger partial charge is 0.335 e. The zero-order valence-corrected chi connectivity index (χ0v) is 18.9. The maximum atomic E-state index is 12.5. The highest BCUT2D eigenvalue weighted by Crippen LogP contribution is 2.25. The highest BCUT2D eigenvalue weighted by atomic mass is 35.5. The molecule has 1 aromatic heterocycles. The summed E-state index contributed by atoms with van der Waals surface area (Å²) in [6.07, 6.45) is 0.575. The molecule has 0 saturated carbocycles. The lowest BCUT2D eigenvalue weighted by Crippen LogP contribution is -2.15. The molecule has 0 spiro atoms. The van der Waals surface area contributed by atoms with E-state index in [1.165, 1.54) is 23.9 Å². The molecule has 0 bridgehead atoms. The van der Waals surface area contributed by atoms with Gasteiger partial charge in [-0.2, -0.15) is 0 Å². The summed E-state index contributed by atoms with van der Waals surface area (Å²) in [6.45, 7) is 0. The Hall–Kier alpha value is -3.62. The normalized spacial score (nSPS) is 10.7. The number of thioether (sulfide) groups is 1. The van der Waals surface area contributed by atoms with Gasteiger partial charge in [-0.05, 0) is 48.0 Å². The van der Waals surface area contributed by atoms with E-state index in [-0.39, 0.29) is 17.2 Å². The number of hydrogen-bond acceptors (Lipinski definition) is 5. The highest BCUT2D eigenvalue weighted by molar-refractivity contribution is 7.99. The third-order valence-electron chi connectivity index (χ3n) is 4.72. The van der Waals surface area contributed by atoms with Gasteiger partial charge in [0, 0.05) is 22.8 Å². The first-order chi connectivity index (χ1) is 16.0.